The van der Waals surface area contributed by atoms with Gasteiger partial charge in [0.05, 0.1) is 6.10 Å². The van der Waals surface area contributed by atoms with Crippen LogP contribution < -0.4 is 4.74 Å². The van der Waals surface area contributed by atoms with Crippen LogP contribution in [0.1, 0.15) is 45.7 Å². The first-order chi connectivity index (χ1) is 12.8. The number of halogens is 1. The molecular formula is C23H33FO3Si. The Hall–Kier alpha value is -1.69. The molecule has 0 saturated carbocycles. The highest BCUT2D eigenvalue weighted by Gasteiger charge is 2.42. The number of aliphatic hydroxyl groups is 1. The highest BCUT2D eigenvalue weighted by atomic mass is 28.4. The lowest BCUT2D eigenvalue weighted by molar-refractivity contribution is -0.0503. The van der Waals surface area contributed by atoms with Crippen LogP contribution in [0, 0.1) is 5.82 Å². The van der Waals surface area contributed by atoms with E-state index in [0.29, 0.717) is 17.9 Å². The van der Waals surface area contributed by atoms with E-state index < -0.39 is 25.8 Å². The van der Waals surface area contributed by atoms with Crippen molar-refractivity contribution in [2.75, 3.05) is 0 Å². The Labute approximate surface area is 169 Å². The zero-order valence-electron chi connectivity index (χ0n) is 18.0. The van der Waals surface area contributed by atoms with E-state index in [1.54, 1.807) is 13.0 Å². The summed E-state index contributed by atoms with van der Waals surface area (Å²) in [5.74, 6) is -0.0565. The molecule has 0 aliphatic carbocycles. The molecule has 0 aliphatic rings. The van der Waals surface area contributed by atoms with E-state index in [0.717, 1.165) is 5.56 Å². The van der Waals surface area contributed by atoms with Crippen LogP contribution in [0.4, 0.5) is 4.39 Å². The fourth-order valence-electron chi connectivity index (χ4n) is 2.65. The highest BCUT2D eigenvalue weighted by molar-refractivity contribution is 6.74. The van der Waals surface area contributed by atoms with Crippen LogP contribution in [0.2, 0.25) is 18.1 Å². The molecule has 2 unspecified atom stereocenters. The van der Waals surface area contributed by atoms with Crippen LogP contribution in [-0.4, -0.2) is 19.5 Å². The van der Waals surface area contributed by atoms with Crippen LogP contribution >= 0.6 is 0 Å². The smallest absolute Gasteiger partial charge is 0.192 e. The molecule has 1 N–H and O–H groups in total. The Balaban J connectivity index is 2.21. The molecule has 0 spiro atoms. The van der Waals surface area contributed by atoms with Crippen molar-refractivity contribution >= 4 is 8.32 Å². The van der Waals surface area contributed by atoms with Gasteiger partial charge >= 0.3 is 0 Å². The molecule has 2 aromatic rings. The number of hydrogen-bond donors (Lipinski definition) is 1. The van der Waals surface area contributed by atoms with Gasteiger partial charge in [-0.15, -0.1) is 0 Å². The third-order valence-corrected chi connectivity index (χ3v) is 10.3. The fourth-order valence-corrected chi connectivity index (χ4v) is 4.11. The molecule has 0 aliphatic heterocycles. The van der Waals surface area contributed by atoms with Crippen LogP contribution in [0.3, 0.4) is 0 Å². The Kier molecular flexibility index (Phi) is 6.74. The molecule has 0 amide bonds. The zero-order valence-corrected chi connectivity index (χ0v) is 19.0. The van der Waals surface area contributed by atoms with Crippen LogP contribution in [0.25, 0.3) is 0 Å². The molecule has 2 atom stereocenters. The maximum Gasteiger partial charge on any atom is 0.192 e. The van der Waals surface area contributed by atoms with Crippen LogP contribution in [0.15, 0.2) is 48.5 Å². The molecule has 0 heterocycles. The van der Waals surface area contributed by atoms with E-state index in [4.69, 9.17) is 9.16 Å². The molecule has 0 radical (unpaired) electrons. The Morgan fingerprint density at radius 2 is 1.64 bits per heavy atom. The monoisotopic (exact) mass is 404 g/mol. The van der Waals surface area contributed by atoms with Gasteiger partial charge in [0.1, 0.15) is 23.8 Å². The molecule has 5 heteroatoms. The molecule has 0 bridgehead atoms. The maximum absolute atomic E-state index is 14.3. The summed E-state index contributed by atoms with van der Waals surface area (Å²) in [5, 5.41) is 11.2. The van der Waals surface area contributed by atoms with Gasteiger partial charge in [-0.05, 0) is 55.2 Å². The van der Waals surface area contributed by atoms with Crippen molar-refractivity contribution in [3.63, 3.8) is 0 Å². The van der Waals surface area contributed by atoms with Gasteiger partial charge in [0.15, 0.2) is 8.32 Å². The molecule has 0 fully saturated rings. The summed E-state index contributed by atoms with van der Waals surface area (Å²) in [6, 6.07) is 14.1. The van der Waals surface area contributed by atoms with Crippen molar-refractivity contribution in [1.82, 2.24) is 0 Å². The van der Waals surface area contributed by atoms with Gasteiger partial charge in [-0.2, -0.15) is 0 Å². The lowest BCUT2D eigenvalue weighted by atomic mass is 9.91. The number of benzene rings is 2. The maximum atomic E-state index is 14.3. The van der Waals surface area contributed by atoms with Gasteiger partial charge in [0.25, 0.3) is 0 Å². The Morgan fingerprint density at radius 1 is 1.04 bits per heavy atom. The van der Waals surface area contributed by atoms with Crippen molar-refractivity contribution in [3.05, 3.63) is 65.5 Å². The normalized spacial score (nSPS) is 15.8. The summed E-state index contributed by atoms with van der Waals surface area (Å²) in [7, 11) is -2.08. The summed E-state index contributed by atoms with van der Waals surface area (Å²) in [5.41, 5.74) is 0.0964. The van der Waals surface area contributed by atoms with E-state index in [1.807, 2.05) is 37.3 Å². The van der Waals surface area contributed by atoms with Crippen molar-refractivity contribution in [2.45, 2.75) is 71.1 Å². The zero-order chi connectivity index (χ0) is 21.2. The van der Waals surface area contributed by atoms with Gasteiger partial charge in [0, 0.05) is 6.07 Å². The first kappa shape index (κ1) is 22.6. The van der Waals surface area contributed by atoms with Gasteiger partial charge in [0.2, 0.25) is 0 Å². The molecule has 0 saturated heterocycles. The lowest BCUT2D eigenvalue weighted by Gasteiger charge is -2.42. The summed E-state index contributed by atoms with van der Waals surface area (Å²) in [4.78, 5) is 0. The SMILES string of the molecule is CC(O[Si](C)(C)C(C)(C)C)C(C)(O)c1cc(F)cc(OCc2ccccc2)c1. The number of hydrogen-bond acceptors (Lipinski definition) is 3. The molecule has 2 rings (SSSR count). The van der Waals surface area contributed by atoms with E-state index in [-0.39, 0.29) is 5.04 Å². The van der Waals surface area contributed by atoms with Crippen molar-refractivity contribution in [2.24, 2.45) is 0 Å². The van der Waals surface area contributed by atoms with Crippen LogP contribution in [0.5, 0.6) is 5.75 Å². The molecule has 154 valence electrons. The standard InChI is InChI=1S/C23H33FO3Si/c1-17(27-28(6,7)22(2,3)4)23(5,25)19-13-20(24)15-21(14-19)26-16-18-11-9-8-10-12-18/h8-15,17,25H,16H2,1-7H3. The van der Waals surface area contributed by atoms with Crippen molar-refractivity contribution in [1.29, 1.82) is 0 Å². The minimum Gasteiger partial charge on any atom is -0.489 e. The molecular weight excluding hydrogens is 371 g/mol. The van der Waals surface area contributed by atoms with E-state index in [2.05, 4.69) is 33.9 Å². The van der Waals surface area contributed by atoms with Gasteiger partial charge < -0.3 is 14.3 Å². The third kappa shape index (κ3) is 5.43. The Morgan fingerprint density at radius 3 is 2.21 bits per heavy atom. The minimum atomic E-state index is -2.08. The van der Waals surface area contributed by atoms with Gasteiger partial charge in [-0.1, -0.05) is 51.1 Å². The molecule has 28 heavy (non-hydrogen) atoms. The molecule has 2 aromatic carbocycles. The van der Waals surface area contributed by atoms with E-state index in [9.17, 15) is 9.50 Å². The molecule has 3 nitrogen and oxygen atoms in total. The van der Waals surface area contributed by atoms with Crippen molar-refractivity contribution in [3.8, 4) is 5.75 Å². The second kappa shape index (κ2) is 8.35. The van der Waals surface area contributed by atoms with Gasteiger partial charge in [-0.3, -0.25) is 0 Å². The first-order valence-corrected chi connectivity index (χ1v) is 12.6. The second-order valence-corrected chi connectivity index (χ2v) is 13.9. The summed E-state index contributed by atoms with van der Waals surface area (Å²) < 4.78 is 26.4. The van der Waals surface area contributed by atoms with Crippen LogP contribution in [-0.2, 0) is 16.6 Å². The largest absolute Gasteiger partial charge is 0.489 e. The first-order valence-electron chi connectivity index (χ1n) is 9.71. The van der Waals surface area contributed by atoms with Gasteiger partial charge in [-0.25, -0.2) is 4.39 Å². The second-order valence-electron chi connectivity index (χ2n) is 9.12. The van der Waals surface area contributed by atoms with E-state index in [1.165, 1.54) is 12.1 Å². The lowest BCUT2D eigenvalue weighted by Crippen LogP contribution is -2.49. The summed E-state index contributed by atoms with van der Waals surface area (Å²) in [6.07, 6.45) is -0.489. The average Bonchev–Trinajstić information content (AvgIpc) is 2.59. The number of rotatable bonds is 7. The predicted molar refractivity (Wildman–Crippen MR) is 114 cm³/mol. The summed E-state index contributed by atoms with van der Waals surface area (Å²) in [6.45, 7) is 14.6. The fraction of sp³-hybridized carbons (Fsp3) is 0.478. The van der Waals surface area contributed by atoms with Crippen molar-refractivity contribution < 1.29 is 18.7 Å². The minimum absolute atomic E-state index is 0.0171. The number of ether oxygens (including phenoxy) is 1. The van der Waals surface area contributed by atoms with E-state index >= 15 is 0 Å². The highest BCUT2D eigenvalue weighted by Crippen LogP contribution is 2.40. The Bertz CT molecular complexity index is 782. The average molecular weight is 405 g/mol. The third-order valence-electron chi connectivity index (χ3n) is 5.77. The summed E-state index contributed by atoms with van der Waals surface area (Å²) >= 11 is 0. The topological polar surface area (TPSA) is 38.7 Å². The molecule has 0 aromatic heterocycles. The predicted octanol–water partition coefficient (Wildman–Crippen LogP) is 6.02. The quantitative estimate of drug-likeness (QED) is 0.573.